The van der Waals surface area contributed by atoms with Crippen molar-refractivity contribution >= 4 is 5.70 Å². The molecule has 28 heavy (non-hydrogen) atoms. The third-order valence-corrected chi connectivity index (χ3v) is 4.79. The second-order valence-corrected chi connectivity index (χ2v) is 6.75. The predicted molar refractivity (Wildman–Crippen MR) is 100.0 cm³/mol. The smallest absolute Gasteiger partial charge is 0.433 e. The second kappa shape index (κ2) is 7.81. The first-order chi connectivity index (χ1) is 13.3. The highest BCUT2D eigenvalue weighted by Crippen LogP contribution is 2.39. The molecular weight excluding hydrogens is 372 g/mol. The molecule has 3 nitrogen and oxygen atoms in total. The first-order valence-electron chi connectivity index (χ1n) is 9.15. The van der Waals surface area contributed by atoms with E-state index in [0.29, 0.717) is 41.8 Å². The quantitative estimate of drug-likeness (QED) is 0.570. The standard InChI is InChI=1S/C21H22F4N2O/c1-4-5-14-6-7-15(12-18(14)22)20-26-13(2)19(21(23,24)25)27(20)16-8-10-17(28-3)11-9-16/h6-8,10,12H,4-5,9,11H2,1-3H3. The summed E-state index contributed by atoms with van der Waals surface area (Å²) < 4.78 is 62.0. The van der Waals surface area contributed by atoms with Crippen LogP contribution in [0, 0.1) is 12.7 Å². The van der Waals surface area contributed by atoms with Crippen molar-refractivity contribution in [2.24, 2.45) is 0 Å². The topological polar surface area (TPSA) is 27.1 Å². The Morgan fingerprint density at radius 3 is 2.46 bits per heavy atom. The summed E-state index contributed by atoms with van der Waals surface area (Å²) in [6.07, 6.45) is 0.879. The first-order valence-corrected chi connectivity index (χ1v) is 9.15. The van der Waals surface area contributed by atoms with Crippen LogP contribution in [0.1, 0.15) is 43.1 Å². The molecule has 0 aliphatic heterocycles. The third-order valence-electron chi connectivity index (χ3n) is 4.79. The van der Waals surface area contributed by atoms with Crippen LogP contribution in [0.3, 0.4) is 0 Å². The van der Waals surface area contributed by atoms with Crippen molar-refractivity contribution < 1.29 is 22.3 Å². The van der Waals surface area contributed by atoms with Gasteiger partial charge in [-0.25, -0.2) is 9.37 Å². The summed E-state index contributed by atoms with van der Waals surface area (Å²) in [7, 11) is 1.53. The fraction of sp³-hybridized carbons (Fsp3) is 0.381. The van der Waals surface area contributed by atoms with Crippen LogP contribution in [0.2, 0.25) is 0 Å². The number of allylic oxidation sites excluding steroid dienone is 4. The lowest BCUT2D eigenvalue weighted by molar-refractivity contribution is -0.142. The van der Waals surface area contributed by atoms with Gasteiger partial charge in [0.2, 0.25) is 0 Å². The zero-order valence-corrected chi connectivity index (χ0v) is 16.0. The Kier molecular flexibility index (Phi) is 5.63. The van der Waals surface area contributed by atoms with E-state index in [1.165, 1.54) is 20.1 Å². The zero-order valence-electron chi connectivity index (χ0n) is 16.0. The zero-order chi connectivity index (χ0) is 20.5. The number of aromatic nitrogens is 2. The van der Waals surface area contributed by atoms with Gasteiger partial charge in [0.25, 0.3) is 0 Å². The summed E-state index contributed by atoms with van der Waals surface area (Å²) in [6, 6.07) is 4.52. The Balaban J connectivity index is 2.19. The fourth-order valence-electron chi connectivity index (χ4n) is 3.46. The van der Waals surface area contributed by atoms with E-state index in [4.69, 9.17) is 4.74 Å². The molecule has 0 N–H and O–H groups in total. The highest BCUT2D eigenvalue weighted by molar-refractivity contribution is 5.66. The van der Waals surface area contributed by atoms with E-state index in [1.807, 2.05) is 6.92 Å². The average Bonchev–Trinajstić information content (AvgIpc) is 3.01. The lowest BCUT2D eigenvalue weighted by atomic mass is 10.1. The van der Waals surface area contributed by atoms with Gasteiger partial charge in [-0.2, -0.15) is 13.2 Å². The monoisotopic (exact) mass is 394 g/mol. The number of benzene rings is 1. The minimum atomic E-state index is -4.58. The van der Waals surface area contributed by atoms with Gasteiger partial charge in [0, 0.05) is 17.7 Å². The molecule has 1 aromatic carbocycles. The molecule has 0 radical (unpaired) electrons. The van der Waals surface area contributed by atoms with Crippen molar-refractivity contribution in [3.63, 3.8) is 0 Å². The minimum absolute atomic E-state index is 0.0901. The molecule has 1 aliphatic rings. The van der Waals surface area contributed by atoms with Crippen molar-refractivity contribution in [3.8, 4) is 11.4 Å². The Bertz CT molecular complexity index is 939. The molecular formula is C21H22F4N2O. The van der Waals surface area contributed by atoms with Crippen molar-refractivity contribution in [3.05, 3.63) is 58.9 Å². The molecule has 0 spiro atoms. The number of hydrogen-bond donors (Lipinski definition) is 0. The van der Waals surface area contributed by atoms with Gasteiger partial charge in [-0.15, -0.1) is 0 Å². The van der Waals surface area contributed by atoms with E-state index in [2.05, 4.69) is 4.98 Å². The summed E-state index contributed by atoms with van der Waals surface area (Å²) in [4.78, 5) is 4.16. The maximum absolute atomic E-state index is 14.4. The summed E-state index contributed by atoms with van der Waals surface area (Å²) in [6.45, 7) is 3.26. The molecule has 0 bridgehead atoms. The van der Waals surface area contributed by atoms with E-state index >= 15 is 0 Å². The average molecular weight is 394 g/mol. The highest BCUT2D eigenvalue weighted by Gasteiger charge is 2.39. The lowest BCUT2D eigenvalue weighted by Gasteiger charge is -2.20. The molecule has 3 rings (SSSR count). The lowest BCUT2D eigenvalue weighted by Crippen LogP contribution is -2.16. The molecule has 1 heterocycles. The van der Waals surface area contributed by atoms with Crippen molar-refractivity contribution in [2.45, 2.75) is 45.7 Å². The molecule has 1 aliphatic carbocycles. The molecule has 0 amide bonds. The normalized spacial score (nSPS) is 14.7. The van der Waals surface area contributed by atoms with Gasteiger partial charge < -0.3 is 4.74 Å². The molecule has 0 saturated carbocycles. The fourth-order valence-corrected chi connectivity index (χ4v) is 3.46. The molecule has 0 saturated heterocycles. The van der Waals surface area contributed by atoms with Crippen LogP contribution in [-0.4, -0.2) is 16.7 Å². The minimum Gasteiger partial charge on any atom is -0.501 e. The van der Waals surface area contributed by atoms with E-state index in [0.717, 1.165) is 11.0 Å². The summed E-state index contributed by atoms with van der Waals surface area (Å²) in [5.41, 5.74) is 0.339. The van der Waals surface area contributed by atoms with Crippen LogP contribution in [0.25, 0.3) is 17.1 Å². The van der Waals surface area contributed by atoms with E-state index in [-0.39, 0.29) is 11.5 Å². The highest BCUT2D eigenvalue weighted by atomic mass is 19.4. The summed E-state index contributed by atoms with van der Waals surface area (Å²) >= 11 is 0. The second-order valence-electron chi connectivity index (χ2n) is 6.75. The van der Waals surface area contributed by atoms with E-state index < -0.39 is 17.7 Å². The number of aryl methyl sites for hydroxylation is 2. The molecule has 0 fully saturated rings. The van der Waals surface area contributed by atoms with E-state index in [1.54, 1.807) is 24.3 Å². The molecule has 0 atom stereocenters. The Hall–Kier alpha value is -2.57. The number of nitrogens with zero attached hydrogens (tertiary/aromatic N) is 2. The van der Waals surface area contributed by atoms with Crippen LogP contribution < -0.4 is 0 Å². The van der Waals surface area contributed by atoms with Crippen LogP contribution in [-0.2, 0) is 17.3 Å². The maximum atomic E-state index is 14.4. The van der Waals surface area contributed by atoms with Gasteiger partial charge in [0.05, 0.1) is 18.6 Å². The largest absolute Gasteiger partial charge is 0.501 e. The van der Waals surface area contributed by atoms with Crippen LogP contribution in [0.5, 0.6) is 0 Å². The number of alkyl halides is 3. The molecule has 7 heteroatoms. The number of methoxy groups -OCH3 is 1. The van der Waals surface area contributed by atoms with E-state index in [9.17, 15) is 17.6 Å². The molecule has 150 valence electrons. The van der Waals surface area contributed by atoms with Crippen molar-refractivity contribution in [2.75, 3.05) is 7.11 Å². The SMILES string of the molecule is CCCc1ccc(-c2nc(C)c(C(F)(F)F)n2C2=CC=C(OC)CC2)cc1F. The Labute approximate surface area is 161 Å². The molecule has 0 unspecified atom stereocenters. The van der Waals surface area contributed by atoms with Gasteiger partial charge in [-0.3, -0.25) is 4.57 Å². The Morgan fingerprint density at radius 1 is 1.18 bits per heavy atom. The van der Waals surface area contributed by atoms with Gasteiger partial charge in [-0.05, 0) is 43.5 Å². The van der Waals surface area contributed by atoms with Crippen LogP contribution >= 0.6 is 0 Å². The number of ether oxygens (including phenoxy) is 1. The maximum Gasteiger partial charge on any atom is 0.433 e. The number of hydrogen-bond acceptors (Lipinski definition) is 2. The third kappa shape index (κ3) is 3.84. The number of halogens is 4. The van der Waals surface area contributed by atoms with Crippen molar-refractivity contribution in [1.29, 1.82) is 0 Å². The summed E-state index contributed by atoms with van der Waals surface area (Å²) in [5.74, 6) is 0.359. The van der Waals surface area contributed by atoms with Crippen LogP contribution in [0.15, 0.2) is 36.1 Å². The van der Waals surface area contributed by atoms with Gasteiger partial charge >= 0.3 is 6.18 Å². The van der Waals surface area contributed by atoms with Crippen molar-refractivity contribution in [1.82, 2.24) is 9.55 Å². The molecule has 2 aromatic rings. The summed E-state index contributed by atoms with van der Waals surface area (Å²) in [5, 5.41) is 0. The van der Waals surface area contributed by atoms with Gasteiger partial charge in [-0.1, -0.05) is 25.5 Å². The number of rotatable bonds is 5. The van der Waals surface area contributed by atoms with Crippen LogP contribution in [0.4, 0.5) is 17.6 Å². The Morgan fingerprint density at radius 2 is 1.93 bits per heavy atom. The predicted octanol–water partition coefficient (Wildman–Crippen LogP) is 6.13. The van der Waals surface area contributed by atoms with Gasteiger partial charge in [0.15, 0.2) is 5.69 Å². The molecule has 1 aromatic heterocycles. The number of imidazole rings is 1. The first kappa shape index (κ1) is 20.2. The van der Waals surface area contributed by atoms with Gasteiger partial charge in [0.1, 0.15) is 11.6 Å².